The van der Waals surface area contributed by atoms with Crippen molar-refractivity contribution >= 4 is 17.3 Å². The SMILES string of the molecule is COC(=O)c1c(N)c(-c2c(C)ccc(O)c2C)cn2nc(C3CC3)nc12. The molecule has 3 aromatic rings. The van der Waals surface area contributed by atoms with Gasteiger partial charge in [-0.1, -0.05) is 6.07 Å². The van der Waals surface area contributed by atoms with Gasteiger partial charge in [0.15, 0.2) is 11.5 Å². The number of phenols is 1. The monoisotopic (exact) mass is 352 g/mol. The number of nitrogens with two attached hydrogens (primary N) is 1. The molecule has 134 valence electrons. The molecule has 1 saturated carbocycles. The fourth-order valence-electron chi connectivity index (χ4n) is 3.31. The van der Waals surface area contributed by atoms with Crippen molar-refractivity contribution in [2.24, 2.45) is 0 Å². The second-order valence-electron chi connectivity index (χ2n) is 6.74. The van der Waals surface area contributed by atoms with Crippen molar-refractivity contribution in [3.63, 3.8) is 0 Å². The number of phenolic OH excluding ortho intramolecular Hbond substituents is 1. The minimum Gasteiger partial charge on any atom is -0.508 e. The molecule has 0 saturated heterocycles. The fraction of sp³-hybridized carbons (Fsp3) is 0.316. The molecule has 0 unspecified atom stereocenters. The Morgan fingerprint density at radius 2 is 2.08 bits per heavy atom. The number of ether oxygens (including phenoxy) is 1. The van der Waals surface area contributed by atoms with Gasteiger partial charge >= 0.3 is 5.97 Å². The number of carbonyl (C=O) groups is 1. The van der Waals surface area contributed by atoms with Crippen LogP contribution in [0, 0.1) is 13.8 Å². The molecule has 1 fully saturated rings. The summed E-state index contributed by atoms with van der Waals surface area (Å²) in [6, 6.07) is 3.46. The number of fused-ring (bicyclic) bond motifs is 1. The summed E-state index contributed by atoms with van der Waals surface area (Å²) in [5.74, 6) is 0.673. The molecule has 3 N–H and O–H groups in total. The number of rotatable bonds is 3. The number of hydrogen-bond donors (Lipinski definition) is 2. The number of esters is 1. The van der Waals surface area contributed by atoms with Gasteiger partial charge in [-0.25, -0.2) is 14.3 Å². The Morgan fingerprint density at radius 3 is 2.73 bits per heavy atom. The standard InChI is InChI=1S/C19H20N4O3/c1-9-4-7-13(24)10(2)14(9)12-8-23-18(15(16(12)20)19(25)26-3)21-17(22-23)11-5-6-11/h4,7-8,11,24H,5-6,20H2,1-3H3. The van der Waals surface area contributed by atoms with Crippen LogP contribution in [-0.2, 0) is 4.74 Å². The minimum atomic E-state index is -0.556. The average Bonchev–Trinajstić information content (AvgIpc) is 3.39. The Hall–Kier alpha value is -3.09. The lowest BCUT2D eigenvalue weighted by Gasteiger charge is -2.16. The van der Waals surface area contributed by atoms with Crippen LogP contribution < -0.4 is 5.73 Å². The normalized spacial score (nSPS) is 14.0. The molecule has 0 bridgehead atoms. The summed E-state index contributed by atoms with van der Waals surface area (Å²) in [5, 5.41) is 14.7. The van der Waals surface area contributed by atoms with E-state index in [2.05, 4.69) is 10.1 Å². The van der Waals surface area contributed by atoms with Gasteiger partial charge in [-0.15, -0.1) is 0 Å². The van der Waals surface area contributed by atoms with Gasteiger partial charge in [0.2, 0.25) is 0 Å². The largest absolute Gasteiger partial charge is 0.508 e. The summed E-state index contributed by atoms with van der Waals surface area (Å²) in [7, 11) is 1.31. The minimum absolute atomic E-state index is 0.168. The van der Waals surface area contributed by atoms with Crippen LogP contribution in [0.3, 0.4) is 0 Å². The zero-order chi connectivity index (χ0) is 18.6. The van der Waals surface area contributed by atoms with E-state index in [9.17, 15) is 9.90 Å². The number of hydrogen-bond acceptors (Lipinski definition) is 6. The Kier molecular flexibility index (Phi) is 3.61. The van der Waals surface area contributed by atoms with Crippen molar-refractivity contribution < 1.29 is 14.6 Å². The molecule has 7 nitrogen and oxygen atoms in total. The maximum Gasteiger partial charge on any atom is 0.343 e. The van der Waals surface area contributed by atoms with Crippen molar-refractivity contribution in [2.45, 2.75) is 32.6 Å². The van der Waals surface area contributed by atoms with Crippen molar-refractivity contribution in [1.82, 2.24) is 14.6 Å². The molecule has 0 radical (unpaired) electrons. The van der Waals surface area contributed by atoms with E-state index in [1.165, 1.54) is 7.11 Å². The number of anilines is 1. The molecule has 0 spiro atoms. The Morgan fingerprint density at radius 1 is 1.35 bits per heavy atom. The van der Waals surface area contributed by atoms with Crippen molar-refractivity contribution in [3.8, 4) is 16.9 Å². The summed E-state index contributed by atoms with van der Waals surface area (Å²) >= 11 is 0. The molecule has 2 aromatic heterocycles. The zero-order valence-corrected chi connectivity index (χ0v) is 14.9. The highest BCUT2D eigenvalue weighted by Crippen LogP contribution is 2.41. The topological polar surface area (TPSA) is 103 Å². The van der Waals surface area contributed by atoms with Crippen LogP contribution in [-0.4, -0.2) is 32.8 Å². The lowest BCUT2D eigenvalue weighted by Crippen LogP contribution is -2.11. The molecule has 0 amide bonds. The molecule has 1 aliphatic rings. The quantitative estimate of drug-likeness (QED) is 0.703. The second-order valence-corrected chi connectivity index (χ2v) is 6.74. The van der Waals surface area contributed by atoms with Crippen LogP contribution in [0.1, 0.15) is 46.1 Å². The van der Waals surface area contributed by atoms with Crippen LogP contribution in [0.15, 0.2) is 18.3 Å². The maximum atomic E-state index is 12.4. The lowest BCUT2D eigenvalue weighted by molar-refractivity contribution is 0.0603. The molecule has 2 heterocycles. The maximum absolute atomic E-state index is 12.4. The highest BCUT2D eigenvalue weighted by molar-refractivity contribution is 6.05. The Balaban J connectivity index is 2.06. The second kappa shape index (κ2) is 5.72. The third kappa shape index (κ3) is 2.39. The number of methoxy groups -OCH3 is 1. The van der Waals surface area contributed by atoms with E-state index < -0.39 is 5.97 Å². The first-order valence-electron chi connectivity index (χ1n) is 8.49. The van der Waals surface area contributed by atoms with Crippen molar-refractivity contribution in [1.29, 1.82) is 0 Å². The zero-order valence-electron chi connectivity index (χ0n) is 14.9. The highest BCUT2D eigenvalue weighted by Gasteiger charge is 2.30. The van der Waals surface area contributed by atoms with Gasteiger partial charge in [-0.2, -0.15) is 5.10 Å². The van der Waals surface area contributed by atoms with Crippen molar-refractivity contribution in [2.75, 3.05) is 12.8 Å². The van der Waals surface area contributed by atoms with E-state index in [0.717, 1.165) is 29.8 Å². The third-order valence-corrected chi connectivity index (χ3v) is 4.93. The Bertz CT molecular complexity index is 1050. The first kappa shape index (κ1) is 16.4. The molecule has 0 aliphatic heterocycles. The molecule has 0 atom stereocenters. The van der Waals surface area contributed by atoms with Gasteiger partial charge in [0.1, 0.15) is 11.3 Å². The van der Waals surface area contributed by atoms with E-state index in [4.69, 9.17) is 10.5 Å². The van der Waals surface area contributed by atoms with Gasteiger partial charge in [-0.05, 0) is 49.4 Å². The number of aromatic nitrogens is 3. The van der Waals surface area contributed by atoms with E-state index in [0.29, 0.717) is 22.7 Å². The van der Waals surface area contributed by atoms with Crippen LogP contribution in [0.4, 0.5) is 5.69 Å². The molecule has 1 aliphatic carbocycles. The number of aryl methyl sites for hydroxylation is 1. The Labute approximate surface area is 150 Å². The van der Waals surface area contributed by atoms with Gasteiger partial charge in [0, 0.05) is 17.7 Å². The summed E-state index contributed by atoms with van der Waals surface area (Å²) < 4.78 is 6.53. The van der Waals surface area contributed by atoms with Crippen LogP contribution in [0.2, 0.25) is 0 Å². The summed E-state index contributed by atoms with van der Waals surface area (Å²) in [6.07, 6.45) is 3.87. The van der Waals surface area contributed by atoms with Crippen LogP contribution in [0.5, 0.6) is 5.75 Å². The van der Waals surface area contributed by atoms with E-state index >= 15 is 0 Å². The predicted octanol–water partition coefficient (Wildman–Crippen LogP) is 2.96. The number of nitrogens with zero attached hydrogens (tertiary/aromatic N) is 3. The van der Waals surface area contributed by atoms with E-state index in [1.54, 1.807) is 16.8 Å². The predicted molar refractivity (Wildman–Crippen MR) is 97.3 cm³/mol. The molecule has 26 heavy (non-hydrogen) atoms. The molecule has 7 heteroatoms. The number of nitrogen functional groups attached to an aromatic ring is 1. The molecular formula is C19H20N4O3. The molecule has 1 aromatic carbocycles. The average molecular weight is 352 g/mol. The number of benzene rings is 1. The molecule has 4 rings (SSSR count). The van der Waals surface area contributed by atoms with E-state index in [-0.39, 0.29) is 17.0 Å². The fourth-order valence-corrected chi connectivity index (χ4v) is 3.31. The summed E-state index contributed by atoms with van der Waals surface area (Å²) in [6.45, 7) is 3.75. The van der Waals surface area contributed by atoms with Crippen molar-refractivity contribution in [3.05, 3.63) is 40.8 Å². The smallest absolute Gasteiger partial charge is 0.343 e. The van der Waals surface area contributed by atoms with Gasteiger partial charge in [0.05, 0.1) is 12.8 Å². The number of carbonyl (C=O) groups excluding carboxylic acids is 1. The van der Waals surface area contributed by atoms with Gasteiger partial charge < -0.3 is 15.6 Å². The van der Waals surface area contributed by atoms with Gasteiger partial charge in [0.25, 0.3) is 0 Å². The first-order valence-corrected chi connectivity index (χ1v) is 8.49. The molecular weight excluding hydrogens is 332 g/mol. The first-order chi connectivity index (χ1) is 12.4. The third-order valence-electron chi connectivity index (χ3n) is 4.93. The lowest BCUT2D eigenvalue weighted by atomic mass is 9.94. The number of pyridine rings is 1. The highest BCUT2D eigenvalue weighted by atomic mass is 16.5. The summed E-state index contributed by atoms with van der Waals surface area (Å²) in [5.41, 5.74) is 10.3. The van der Waals surface area contributed by atoms with Crippen LogP contribution in [0.25, 0.3) is 16.8 Å². The number of aromatic hydroxyl groups is 1. The van der Waals surface area contributed by atoms with Gasteiger partial charge in [-0.3, -0.25) is 0 Å². The van der Waals surface area contributed by atoms with E-state index in [1.807, 2.05) is 19.9 Å². The van der Waals surface area contributed by atoms with Crippen LogP contribution >= 0.6 is 0 Å². The summed E-state index contributed by atoms with van der Waals surface area (Å²) in [4.78, 5) is 17.0.